The van der Waals surface area contributed by atoms with Crippen molar-refractivity contribution in [2.24, 2.45) is 5.92 Å². The first-order chi connectivity index (χ1) is 7.74. The Morgan fingerprint density at radius 3 is 3.12 bits per heavy atom. The van der Waals surface area contributed by atoms with Gasteiger partial charge < -0.3 is 10.1 Å². The zero-order chi connectivity index (χ0) is 11.4. The molecule has 88 valence electrons. The van der Waals surface area contributed by atoms with Crippen molar-refractivity contribution < 1.29 is 9.13 Å². The fourth-order valence-electron chi connectivity index (χ4n) is 2.21. The molecule has 1 aliphatic heterocycles. The zero-order valence-electron chi connectivity index (χ0n) is 9.58. The molecule has 0 spiro atoms. The maximum atomic E-state index is 12.9. The number of hydrogen-bond acceptors (Lipinski definition) is 2. The first-order valence-corrected chi connectivity index (χ1v) is 5.87. The highest BCUT2D eigenvalue weighted by atomic mass is 19.1. The second-order valence-electron chi connectivity index (χ2n) is 4.48. The second-order valence-corrected chi connectivity index (χ2v) is 4.48. The summed E-state index contributed by atoms with van der Waals surface area (Å²) >= 11 is 0. The summed E-state index contributed by atoms with van der Waals surface area (Å²) < 4.78 is 18.6. The van der Waals surface area contributed by atoms with Gasteiger partial charge in [-0.1, -0.05) is 6.07 Å². The van der Waals surface area contributed by atoms with Crippen LogP contribution in [0.2, 0.25) is 0 Å². The molecule has 16 heavy (non-hydrogen) atoms. The minimum absolute atomic E-state index is 0.145. The minimum atomic E-state index is -0.243. The van der Waals surface area contributed by atoms with Gasteiger partial charge in [-0.2, -0.15) is 0 Å². The third-order valence-electron chi connectivity index (χ3n) is 2.96. The summed E-state index contributed by atoms with van der Waals surface area (Å²) in [6, 6.07) is 6.34. The molecule has 3 heteroatoms. The molecule has 0 bridgehead atoms. The average molecular weight is 223 g/mol. The molecule has 2 unspecified atom stereocenters. The van der Waals surface area contributed by atoms with Crippen LogP contribution in [0.4, 0.5) is 4.39 Å². The third-order valence-corrected chi connectivity index (χ3v) is 2.96. The Morgan fingerprint density at radius 2 is 2.44 bits per heavy atom. The van der Waals surface area contributed by atoms with Gasteiger partial charge in [0.1, 0.15) is 11.6 Å². The van der Waals surface area contributed by atoms with Crippen molar-refractivity contribution in [3.8, 4) is 5.75 Å². The van der Waals surface area contributed by atoms with Gasteiger partial charge in [0.05, 0.1) is 6.10 Å². The first kappa shape index (κ1) is 11.4. The van der Waals surface area contributed by atoms with E-state index in [2.05, 4.69) is 5.32 Å². The molecule has 1 aliphatic rings. The molecule has 0 amide bonds. The smallest absolute Gasteiger partial charge is 0.126 e. The summed E-state index contributed by atoms with van der Waals surface area (Å²) in [5.41, 5.74) is 0. The molecule has 0 radical (unpaired) electrons. The van der Waals surface area contributed by atoms with Crippen LogP contribution in [0.25, 0.3) is 0 Å². The van der Waals surface area contributed by atoms with Crippen LogP contribution in [0.5, 0.6) is 5.75 Å². The lowest BCUT2D eigenvalue weighted by Gasteiger charge is -2.17. The highest BCUT2D eigenvalue weighted by Crippen LogP contribution is 2.19. The summed E-state index contributed by atoms with van der Waals surface area (Å²) in [6.45, 7) is 4.23. The number of rotatable bonds is 4. The highest BCUT2D eigenvalue weighted by molar-refractivity contribution is 5.22. The summed E-state index contributed by atoms with van der Waals surface area (Å²) in [4.78, 5) is 0. The van der Waals surface area contributed by atoms with Crippen LogP contribution in [-0.4, -0.2) is 19.2 Å². The second kappa shape index (κ2) is 5.30. The molecule has 1 heterocycles. The van der Waals surface area contributed by atoms with Gasteiger partial charge in [0.15, 0.2) is 0 Å². The van der Waals surface area contributed by atoms with Gasteiger partial charge in [0.25, 0.3) is 0 Å². The predicted molar refractivity (Wildman–Crippen MR) is 62.1 cm³/mol. The Labute approximate surface area is 95.8 Å². The van der Waals surface area contributed by atoms with Crippen molar-refractivity contribution in [2.45, 2.75) is 25.9 Å². The van der Waals surface area contributed by atoms with Crippen LogP contribution in [-0.2, 0) is 0 Å². The summed E-state index contributed by atoms with van der Waals surface area (Å²) in [6.07, 6.45) is 2.40. The van der Waals surface area contributed by atoms with Crippen molar-refractivity contribution in [1.29, 1.82) is 0 Å². The molecule has 1 aromatic rings. The van der Waals surface area contributed by atoms with Gasteiger partial charge >= 0.3 is 0 Å². The predicted octanol–water partition coefficient (Wildman–Crippen LogP) is 2.59. The van der Waals surface area contributed by atoms with E-state index >= 15 is 0 Å². The number of ether oxygens (including phenoxy) is 1. The Hall–Kier alpha value is -1.09. The van der Waals surface area contributed by atoms with E-state index in [-0.39, 0.29) is 11.9 Å². The number of halogens is 1. The molecule has 1 aromatic carbocycles. The van der Waals surface area contributed by atoms with E-state index in [1.807, 2.05) is 6.92 Å². The lowest BCUT2D eigenvalue weighted by atomic mass is 10.0. The van der Waals surface area contributed by atoms with Crippen LogP contribution in [0.1, 0.15) is 19.8 Å². The van der Waals surface area contributed by atoms with Crippen LogP contribution in [0, 0.1) is 11.7 Å². The number of benzene rings is 1. The SMILES string of the molecule is CC(CC1CCNC1)Oc1cccc(F)c1. The lowest BCUT2D eigenvalue weighted by Crippen LogP contribution is -2.19. The van der Waals surface area contributed by atoms with E-state index in [4.69, 9.17) is 4.74 Å². The molecule has 0 saturated carbocycles. The van der Waals surface area contributed by atoms with E-state index in [1.165, 1.54) is 18.6 Å². The fraction of sp³-hybridized carbons (Fsp3) is 0.538. The Bertz CT molecular complexity index is 336. The van der Waals surface area contributed by atoms with E-state index < -0.39 is 0 Å². The Balaban J connectivity index is 1.84. The molecule has 2 rings (SSSR count). The van der Waals surface area contributed by atoms with Gasteiger partial charge in [0, 0.05) is 6.07 Å². The molecule has 1 fully saturated rings. The van der Waals surface area contributed by atoms with E-state index in [1.54, 1.807) is 12.1 Å². The maximum Gasteiger partial charge on any atom is 0.126 e. The number of hydrogen-bond donors (Lipinski definition) is 1. The van der Waals surface area contributed by atoms with Crippen LogP contribution >= 0.6 is 0 Å². The molecule has 2 atom stereocenters. The van der Waals surface area contributed by atoms with Gasteiger partial charge in [-0.25, -0.2) is 4.39 Å². The summed E-state index contributed by atoms with van der Waals surface area (Å²) in [5, 5.41) is 3.34. The van der Waals surface area contributed by atoms with Crippen molar-refractivity contribution in [1.82, 2.24) is 5.32 Å². The maximum absolute atomic E-state index is 12.9. The first-order valence-electron chi connectivity index (χ1n) is 5.87. The number of nitrogens with one attached hydrogen (secondary N) is 1. The summed E-state index contributed by atoms with van der Waals surface area (Å²) in [7, 11) is 0. The highest BCUT2D eigenvalue weighted by Gasteiger charge is 2.18. The van der Waals surface area contributed by atoms with E-state index in [0.29, 0.717) is 11.7 Å². The van der Waals surface area contributed by atoms with Gasteiger partial charge in [-0.3, -0.25) is 0 Å². The Morgan fingerprint density at radius 1 is 1.56 bits per heavy atom. The topological polar surface area (TPSA) is 21.3 Å². The normalized spacial score (nSPS) is 22.0. The van der Waals surface area contributed by atoms with Crippen molar-refractivity contribution in [3.05, 3.63) is 30.1 Å². The van der Waals surface area contributed by atoms with Crippen LogP contribution in [0.15, 0.2) is 24.3 Å². The summed E-state index contributed by atoms with van der Waals surface area (Å²) in [5.74, 6) is 1.08. The minimum Gasteiger partial charge on any atom is -0.491 e. The van der Waals surface area contributed by atoms with Gasteiger partial charge in [0.2, 0.25) is 0 Å². The molecule has 1 N–H and O–H groups in total. The van der Waals surface area contributed by atoms with Crippen molar-refractivity contribution in [3.63, 3.8) is 0 Å². The van der Waals surface area contributed by atoms with Crippen molar-refractivity contribution >= 4 is 0 Å². The molecule has 2 nitrogen and oxygen atoms in total. The Kier molecular flexibility index (Phi) is 3.78. The standard InChI is InChI=1S/C13H18FNO/c1-10(7-11-5-6-15-9-11)16-13-4-2-3-12(14)8-13/h2-4,8,10-11,15H,5-7,9H2,1H3. The van der Waals surface area contributed by atoms with Crippen LogP contribution in [0.3, 0.4) is 0 Å². The monoisotopic (exact) mass is 223 g/mol. The van der Waals surface area contributed by atoms with E-state index in [9.17, 15) is 4.39 Å². The quantitative estimate of drug-likeness (QED) is 0.847. The molecule has 0 aliphatic carbocycles. The van der Waals surface area contributed by atoms with E-state index in [0.717, 1.165) is 19.5 Å². The molecule has 1 saturated heterocycles. The van der Waals surface area contributed by atoms with Gasteiger partial charge in [-0.05, 0) is 50.9 Å². The average Bonchev–Trinajstić information content (AvgIpc) is 2.70. The van der Waals surface area contributed by atoms with Crippen molar-refractivity contribution in [2.75, 3.05) is 13.1 Å². The molecular weight excluding hydrogens is 205 g/mol. The van der Waals surface area contributed by atoms with Gasteiger partial charge in [-0.15, -0.1) is 0 Å². The third kappa shape index (κ3) is 3.20. The van der Waals surface area contributed by atoms with Crippen LogP contribution < -0.4 is 10.1 Å². The largest absolute Gasteiger partial charge is 0.491 e. The zero-order valence-corrected chi connectivity index (χ0v) is 9.58. The molecule has 0 aromatic heterocycles. The lowest BCUT2D eigenvalue weighted by molar-refractivity contribution is 0.188. The fourth-order valence-corrected chi connectivity index (χ4v) is 2.21. The molecular formula is C13H18FNO.